The fourth-order valence-corrected chi connectivity index (χ4v) is 1.80. The summed E-state index contributed by atoms with van der Waals surface area (Å²) < 4.78 is 7.57. The first kappa shape index (κ1) is 13.7. The van der Waals surface area contributed by atoms with Gasteiger partial charge in [0.05, 0.1) is 19.2 Å². The summed E-state index contributed by atoms with van der Waals surface area (Å²) in [6, 6.07) is 2.18. The number of rotatable bonds is 9. The Labute approximate surface area is 103 Å². The molecule has 17 heavy (non-hydrogen) atoms. The smallest absolute Gasteiger partial charge is 0.254 e. The second-order valence-corrected chi connectivity index (χ2v) is 4.02. The molecular formula is C13H22N3O+. The third-order valence-corrected chi connectivity index (χ3v) is 2.70. The van der Waals surface area contributed by atoms with Crippen LogP contribution in [0.5, 0.6) is 0 Å². The first-order chi connectivity index (χ1) is 8.38. The normalized spacial score (nSPS) is 10.4. The van der Waals surface area contributed by atoms with E-state index in [-0.39, 0.29) is 0 Å². The van der Waals surface area contributed by atoms with E-state index in [1.54, 1.807) is 0 Å². The Balaban J connectivity index is 2.25. The quantitative estimate of drug-likeness (QED) is 0.526. The van der Waals surface area contributed by atoms with Crippen LogP contribution < -0.4 is 4.57 Å². The van der Waals surface area contributed by atoms with Crippen LogP contribution in [-0.2, 0) is 17.7 Å². The van der Waals surface area contributed by atoms with Crippen LogP contribution in [0, 0.1) is 11.3 Å². The van der Waals surface area contributed by atoms with Crippen molar-refractivity contribution in [3.8, 4) is 6.07 Å². The van der Waals surface area contributed by atoms with E-state index in [0.717, 1.165) is 45.4 Å². The molecule has 0 radical (unpaired) electrons. The first-order valence-electron chi connectivity index (χ1n) is 6.39. The Morgan fingerprint density at radius 2 is 2.29 bits per heavy atom. The van der Waals surface area contributed by atoms with E-state index >= 15 is 0 Å². The average Bonchev–Trinajstić information content (AvgIpc) is 2.78. The van der Waals surface area contributed by atoms with Crippen LogP contribution in [0.3, 0.4) is 0 Å². The van der Waals surface area contributed by atoms with Crippen LogP contribution in [0.4, 0.5) is 0 Å². The van der Waals surface area contributed by atoms with Gasteiger partial charge in [-0.1, -0.05) is 0 Å². The summed E-state index contributed by atoms with van der Waals surface area (Å²) in [5.74, 6) is 1.25. The van der Waals surface area contributed by atoms with Crippen molar-refractivity contribution in [1.29, 1.82) is 5.26 Å². The van der Waals surface area contributed by atoms with Crippen molar-refractivity contribution < 1.29 is 9.30 Å². The summed E-state index contributed by atoms with van der Waals surface area (Å²) >= 11 is 0. The van der Waals surface area contributed by atoms with Crippen molar-refractivity contribution in [3.05, 3.63) is 18.2 Å². The number of aromatic nitrogens is 2. The fourth-order valence-electron chi connectivity index (χ4n) is 1.80. The molecule has 1 heterocycles. The van der Waals surface area contributed by atoms with E-state index in [4.69, 9.17) is 10.00 Å². The molecule has 0 bridgehead atoms. The Bertz CT molecular complexity index is 341. The topological polar surface area (TPSA) is 52.7 Å². The molecule has 0 unspecified atom stereocenters. The second kappa shape index (κ2) is 8.77. The van der Waals surface area contributed by atoms with Crippen LogP contribution in [-0.4, -0.2) is 18.2 Å². The lowest BCUT2D eigenvalue weighted by Gasteiger charge is -2.01. The molecule has 0 saturated heterocycles. The van der Waals surface area contributed by atoms with E-state index in [1.165, 1.54) is 5.82 Å². The highest BCUT2D eigenvalue weighted by Crippen LogP contribution is 2.00. The minimum Gasteiger partial charge on any atom is -0.382 e. The lowest BCUT2D eigenvalue weighted by Crippen LogP contribution is -2.36. The molecule has 0 fully saturated rings. The van der Waals surface area contributed by atoms with E-state index in [0.29, 0.717) is 6.42 Å². The molecule has 1 aromatic heterocycles. The molecule has 0 spiro atoms. The molecule has 1 N–H and O–H groups in total. The van der Waals surface area contributed by atoms with Gasteiger partial charge >= 0.3 is 0 Å². The van der Waals surface area contributed by atoms with Crippen molar-refractivity contribution >= 4 is 0 Å². The van der Waals surface area contributed by atoms with Gasteiger partial charge in [0.1, 0.15) is 12.4 Å². The summed E-state index contributed by atoms with van der Waals surface area (Å²) in [4.78, 5) is 3.26. The number of unbranched alkanes of at least 4 members (excludes halogenated alkanes) is 2. The van der Waals surface area contributed by atoms with Crippen LogP contribution in [0.25, 0.3) is 0 Å². The summed E-state index contributed by atoms with van der Waals surface area (Å²) in [7, 11) is 0. The summed E-state index contributed by atoms with van der Waals surface area (Å²) in [6.07, 6.45) is 8.82. The number of nitrogens with zero attached hydrogens (tertiary/aromatic N) is 2. The molecule has 4 nitrogen and oxygen atoms in total. The lowest BCUT2D eigenvalue weighted by atomic mass is 10.2. The lowest BCUT2D eigenvalue weighted by molar-refractivity contribution is -0.703. The zero-order chi connectivity index (χ0) is 12.3. The predicted molar refractivity (Wildman–Crippen MR) is 65.3 cm³/mol. The maximum absolute atomic E-state index is 8.47. The second-order valence-electron chi connectivity index (χ2n) is 4.02. The molecule has 0 amide bonds. The maximum Gasteiger partial charge on any atom is 0.254 e. The van der Waals surface area contributed by atoms with Gasteiger partial charge in [0, 0.05) is 25.9 Å². The van der Waals surface area contributed by atoms with E-state index in [2.05, 4.69) is 21.8 Å². The van der Waals surface area contributed by atoms with Crippen molar-refractivity contribution in [3.63, 3.8) is 0 Å². The standard InChI is InChI=1S/C13H21N3O/c1-2-17-12-6-10-16-11-9-15-13(16)7-4-3-5-8-14/h9,11H,2-7,10,12H2,1H3/p+1. The number of nitriles is 1. The van der Waals surface area contributed by atoms with Gasteiger partial charge < -0.3 is 4.74 Å². The van der Waals surface area contributed by atoms with Crippen molar-refractivity contribution in [2.75, 3.05) is 13.2 Å². The minimum atomic E-state index is 0.658. The molecule has 0 saturated carbocycles. The fraction of sp³-hybridized carbons (Fsp3) is 0.692. The number of hydrogen-bond donors (Lipinski definition) is 1. The molecule has 1 rings (SSSR count). The maximum atomic E-state index is 8.47. The van der Waals surface area contributed by atoms with Crippen molar-refractivity contribution in [2.24, 2.45) is 0 Å². The number of hydrogen-bond acceptors (Lipinski definition) is 2. The zero-order valence-electron chi connectivity index (χ0n) is 10.6. The molecule has 0 atom stereocenters. The van der Waals surface area contributed by atoms with Crippen LogP contribution in [0.1, 0.15) is 38.4 Å². The van der Waals surface area contributed by atoms with Gasteiger partial charge in [0.15, 0.2) is 0 Å². The summed E-state index contributed by atoms with van der Waals surface area (Å²) in [5, 5.41) is 8.47. The van der Waals surface area contributed by atoms with E-state index in [9.17, 15) is 0 Å². The van der Waals surface area contributed by atoms with Crippen molar-refractivity contribution in [2.45, 2.75) is 45.6 Å². The molecule has 0 aliphatic rings. The predicted octanol–water partition coefficient (Wildman–Crippen LogP) is 1.97. The average molecular weight is 236 g/mol. The van der Waals surface area contributed by atoms with Gasteiger partial charge in [-0.15, -0.1) is 0 Å². The Morgan fingerprint density at radius 1 is 1.41 bits per heavy atom. The Morgan fingerprint density at radius 3 is 3.06 bits per heavy atom. The molecule has 0 aliphatic heterocycles. The zero-order valence-corrected chi connectivity index (χ0v) is 10.6. The van der Waals surface area contributed by atoms with Gasteiger partial charge in [-0.3, -0.25) is 0 Å². The largest absolute Gasteiger partial charge is 0.382 e. The summed E-state index contributed by atoms with van der Waals surface area (Å²) in [6.45, 7) is 4.63. The van der Waals surface area contributed by atoms with Gasteiger partial charge in [0.25, 0.3) is 5.82 Å². The third kappa shape index (κ3) is 5.50. The van der Waals surface area contributed by atoms with Gasteiger partial charge in [-0.2, -0.15) is 5.26 Å². The summed E-state index contributed by atoms with van der Waals surface area (Å²) in [5.41, 5.74) is 0. The molecule has 0 aliphatic carbocycles. The Kier molecular flexibility index (Phi) is 7.08. The van der Waals surface area contributed by atoms with Gasteiger partial charge in [0.2, 0.25) is 0 Å². The number of ether oxygens (including phenoxy) is 1. The van der Waals surface area contributed by atoms with Gasteiger partial charge in [-0.25, -0.2) is 9.55 Å². The SMILES string of the molecule is CCOCCC[n+]1cc[nH]c1CCCCC#N. The number of aryl methyl sites for hydroxylation is 2. The monoisotopic (exact) mass is 236 g/mol. The number of nitrogens with one attached hydrogen (secondary N) is 1. The van der Waals surface area contributed by atoms with Crippen LogP contribution in [0.2, 0.25) is 0 Å². The highest BCUT2D eigenvalue weighted by Gasteiger charge is 2.09. The molecule has 0 aromatic carbocycles. The first-order valence-corrected chi connectivity index (χ1v) is 6.39. The number of aromatic amines is 1. The van der Waals surface area contributed by atoms with Crippen LogP contribution in [0.15, 0.2) is 12.4 Å². The minimum absolute atomic E-state index is 0.658. The number of imidazole rings is 1. The van der Waals surface area contributed by atoms with E-state index in [1.807, 2.05) is 13.1 Å². The highest BCUT2D eigenvalue weighted by atomic mass is 16.5. The molecule has 1 aromatic rings. The molecule has 94 valence electrons. The third-order valence-electron chi connectivity index (χ3n) is 2.70. The molecular weight excluding hydrogens is 214 g/mol. The van der Waals surface area contributed by atoms with Crippen LogP contribution >= 0.6 is 0 Å². The van der Waals surface area contributed by atoms with Gasteiger partial charge in [-0.05, 0) is 19.8 Å². The Hall–Kier alpha value is -1.34. The molecule has 4 heteroatoms. The van der Waals surface area contributed by atoms with Crippen molar-refractivity contribution in [1.82, 2.24) is 4.98 Å². The number of H-pyrrole nitrogens is 1. The highest BCUT2D eigenvalue weighted by molar-refractivity contribution is 4.78. The van der Waals surface area contributed by atoms with E-state index < -0.39 is 0 Å².